The summed E-state index contributed by atoms with van der Waals surface area (Å²) in [6.45, 7) is 2.74. The van der Waals surface area contributed by atoms with E-state index < -0.39 is 0 Å². The van der Waals surface area contributed by atoms with Crippen molar-refractivity contribution in [3.63, 3.8) is 0 Å². The zero-order valence-electron chi connectivity index (χ0n) is 13.1. The summed E-state index contributed by atoms with van der Waals surface area (Å²) in [5.74, 6) is 0.761. The summed E-state index contributed by atoms with van der Waals surface area (Å²) in [6.07, 6.45) is 0.679. The monoisotopic (exact) mass is 337 g/mol. The molecule has 0 saturated carbocycles. The standard InChI is InChI=1S/C16H19N3O3.ClH/c1-9-5-10-6-11(7-18-14(21)8-17-2)22-16(10)12-3-4-13(20)19-15(9)12;/h3-5,11,17H,6-8H2,1-2H3,(H,18,21)(H,19,20);1H. The van der Waals surface area contributed by atoms with Gasteiger partial charge in [-0.1, -0.05) is 6.07 Å². The third-order valence-electron chi connectivity index (χ3n) is 3.84. The van der Waals surface area contributed by atoms with Gasteiger partial charge in [-0.05, 0) is 31.2 Å². The number of rotatable bonds is 4. The van der Waals surface area contributed by atoms with Gasteiger partial charge in [-0.3, -0.25) is 9.59 Å². The number of aromatic nitrogens is 1. The first kappa shape index (κ1) is 17.3. The summed E-state index contributed by atoms with van der Waals surface area (Å²) in [7, 11) is 1.73. The van der Waals surface area contributed by atoms with Crippen molar-refractivity contribution < 1.29 is 9.53 Å². The number of likely N-dealkylation sites (N-methyl/N-ethyl adjacent to an activating group) is 1. The average Bonchev–Trinajstić information content (AvgIpc) is 2.88. The number of fused-ring (bicyclic) bond motifs is 3. The molecule has 1 unspecified atom stereocenters. The summed E-state index contributed by atoms with van der Waals surface area (Å²) in [6, 6.07) is 5.35. The average molecular weight is 338 g/mol. The fourth-order valence-corrected chi connectivity index (χ4v) is 2.86. The van der Waals surface area contributed by atoms with Gasteiger partial charge in [0.2, 0.25) is 11.5 Å². The van der Waals surface area contributed by atoms with Gasteiger partial charge < -0.3 is 20.4 Å². The van der Waals surface area contributed by atoms with Gasteiger partial charge in [0.05, 0.1) is 18.6 Å². The van der Waals surface area contributed by atoms with Crippen molar-refractivity contribution in [2.75, 3.05) is 20.1 Å². The van der Waals surface area contributed by atoms with E-state index in [4.69, 9.17) is 4.74 Å². The van der Waals surface area contributed by atoms with E-state index in [1.165, 1.54) is 6.07 Å². The summed E-state index contributed by atoms with van der Waals surface area (Å²) in [5, 5.41) is 6.57. The van der Waals surface area contributed by atoms with Crippen molar-refractivity contribution in [1.29, 1.82) is 0 Å². The van der Waals surface area contributed by atoms with Crippen LogP contribution < -0.4 is 20.9 Å². The molecule has 6 nitrogen and oxygen atoms in total. The number of hydrogen-bond donors (Lipinski definition) is 3. The number of nitrogens with one attached hydrogen (secondary N) is 3. The lowest BCUT2D eigenvalue weighted by Gasteiger charge is -2.12. The second kappa shape index (κ2) is 7.02. The number of ether oxygens (including phenoxy) is 1. The van der Waals surface area contributed by atoms with E-state index in [1.54, 1.807) is 13.1 Å². The molecule has 124 valence electrons. The van der Waals surface area contributed by atoms with Gasteiger partial charge in [0.1, 0.15) is 11.9 Å². The van der Waals surface area contributed by atoms with Crippen LogP contribution in [0.4, 0.5) is 0 Å². The highest BCUT2D eigenvalue weighted by molar-refractivity contribution is 5.89. The number of carbonyl (C=O) groups excluding carboxylic acids is 1. The van der Waals surface area contributed by atoms with Crippen molar-refractivity contribution in [3.8, 4) is 5.75 Å². The lowest BCUT2D eigenvalue weighted by molar-refractivity contribution is -0.120. The summed E-state index contributed by atoms with van der Waals surface area (Å²) in [5.41, 5.74) is 2.83. The molecule has 2 heterocycles. The lowest BCUT2D eigenvalue weighted by Crippen LogP contribution is -2.38. The molecule has 23 heavy (non-hydrogen) atoms. The molecule has 0 radical (unpaired) electrons. The summed E-state index contributed by atoms with van der Waals surface area (Å²) in [4.78, 5) is 25.9. The van der Waals surface area contributed by atoms with Crippen LogP contribution in [-0.4, -0.2) is 37.1 Å². The van der Waals surface area contributed by atoms with Crippen LogP contribution in [0.5, 0.6) is 5.75 Å². The Kier molecular flexibility index (Phi) is 5.28. The molecule has 1 aromatic carbocycles. The number of benzene rings is 1. The third kappa shape index (κ3) is 3.48. The maximum absolute atomic E-state index is 11.5. The number of halogens is 1. The topological polar surface area (TPSA) is 83.2 Å². The zero-order valence-corrected chi connectivity index (χ0v) is 13.9. The Hall–Kier alpha value is -2.05. The van der Waals surface area contributed by atoms with Gasteiger partial charge in [-0.15, -0.1) is 12.4 Å². The van der Waals surface area contributed by atoms with Gasteiger partial charge >= 0.3 is 0 Å². The Morgan fingerprint density at radius 1 is 1.43 bits per heavy atom. The molecule has 3 N–H and O–H groups in total. The van der Waals surface area contributed by atoms with E-state index in [0.717, 1.165) is 34.2 Å². The first-order valence-electron chi connectivity index (χ1n) is 7.32. The smallest absolute Gasteiger partial charge is 0.248 e. The van der Waals surface area contributed by atoms with Crippen molar-refractivity contribution >= 4 is 29.2 Å². The molecule has 1 aromatic heterocycles. The Morgan fingerprint density at radius 3 is 2.96 bits per heavy atom. The van der Waals surface area contributed by atoms with Crippen molar-refractivity contribution in [2.24, 2.45) is 0 Å². The quantitative estimate of drug-likeness (QED) is 0.774. The first-order chi connectivity index (χ1) is 10.6. The minimum atomic E-state index is -0.121. The number of aryl methyl sites for hydroxylation is 1. The highest BCUT2D eigenvalue weighted by Crippen LogP contribution is 2.36. The zero-order chi connectivity index (χ0) is 15.7. The van der Waals surface area contributed by atoms with Crippen molar-refractivity contribution in [1.82, 2.24) is 15.6 Å². The fraction of sp³-hybridized carbons (Fsp3) is 0.375. The van der Waals surface area contributed by atoms with E-state index in [1.807, 2.05) is 13.0 Å². The maximum Gasteiger partial charge on any atom is 0.248 e. The molecule has 1 aliphatic rings. The van der Waals surface area contributed by atoms with Crippen LogP contribution in [0.15, 0.2) is 23.0 Å². The van der Waals surface area contributed by atoms with E-state index in [-0.39, 0.29) is 30.0 Å². The Morgan fingerprint density at radius 2 is 2.22 bits per heavy atom. The molecule has 0 fully saturated rings. The summed E-state index contributed by atoms with van der Waals surface area (Å²) >= 11 is 0. The summed E-state index contributed by atoms with van der Waals surface area (Å²) < 4.78 is 5.99. The lowest BCUT2D eigenvalue weighted by atomic mass is 10.0. The van der Waals surface area contributed by atoms with Crippen LogP contribution in [0.25, 0.3) is 10.9 Å². The molecular weight excluding hydrogens is 318 g/mol. The normalized spacial score (nSPS) is 15.7. The van der Waals surface area contributed by atoms with E-state index in [0.29, 0.717) is 13.1 Å². The number of amides is 1. The second-order valence-corrected chi connectivity index (χ2v) is 5.57. The predicted molar refractivity (Wildman–Crippen MR) is 91.6 cm³/mol. The van der Waals surface area contributed by atoms with E-state index in [9.17, 15) is 9.59 Å². The van der Waals surface area contributed by atoms with Gasteiger partial charge in [-0.2, -0.15) is 0 Å². The third-order valence-corrected chi connectivity index (χ3v) is 3.84. The SMILES string of the molecule is CNCC(=O)NCC1Cc2cc(C)c3[nH]c(=O)ccc3c2O1.Cl. The highest BCUT2D eigenvalue weighted by Gasteiger charge is 2.26. The fourth-order valence-electron chi connectivity index (χ4n) is 2.86. The Labute approximate surface area is 140 Å². The van der Waals surface area contributed by atoms with Crippen molar-refractivity contribution in [2.45, 2.75) is 19.4 Å². The Bertz CT molecular complexity index is 788. The first-order valence-corrected chi connectivity index (χ1v) is 7.32. The molecule has 3 rings (SSSR count). The van der Waals surface area contributed by atoms with Crippen LogP contribution in [-0.2, 0) is 11.2 Å². The number of hydrogen-bond acceptors (Lipinski definition) is 4. The molecule has 0 aliphatic carbocycles. The van der Waals surface area contributed by atoms with Gasteiger partial charge in [0, 0.05) is 17.9 Å². The highest BCUT2D eigenvalue weighted by atomic mass is 35.5. The van der Waals surface area contributed by atoms with Gasteiger partial charge in [0.25, 0.3) is 0 Å². The van der Waals surface area contributed by atoms with E-state index >= 15 is 0 Å². The minimum Gasteiger partial charge on any atom is -0.487 e. The van der Waals surface area contributed by atoms with Crippen LogP contribution in [0.2, 0.25) is 0 Å². The molecule has 7 heteroatoms. The van der Waals surface area contributed by atoms with E-state index in [2.05, 4.69) is 15.6 Å². The second-order valence-electron chi connectivity index (χ2n) is 5.57. The minimum absolute atomic E-state index is 0. The maximum atomic E-state index is 11.5. The van der Waals surface area contributed by atoms with Crippen LogP contribution in [0.1, 0.15) is 11.1 Å². The molecule has 1 aliphatic heterocycles. The number of aromatic amines is 1. The number of pyridine rings is 1. The molecule has 1 amide bonds. The molecule has 2 aromatic rings. The predicted octanol–water partition coefficient (Wildman–Crippen LogP) is 0.897. The number of H-pyrrole nitrogens is 1. The Balaban J connectivity index is 0.00000192. The number of carbonyl (C=O) groups is 1. The molecule has 0 saturated heterocycles. The molecular formula is C16H20ClN3O3. The van der Waals surface area contributed by atoms with Crippen molar-refractivity contribution in [3.05, 3.63) is 39.7 Å². The molecule has 0 bridgehead atoms. The van der Waals surface area contributed by atoms with Gasteiger partial charge in [-0.25, -0.2) is 0 Å². The largest absolute Gasteiger partial charge is 0.487 e. The van der Waals surface area contributed by atoms with Crippen LogP contribution in [0, 0.1) is 6.92 Å². The molecule has 1 atom stereocenters. The molecule has 0 spiro atoms. The van der Waals surface area contributed by atoms with Crippen LogP contribution in [0.3, 0.4) is 0 Å². The van der Waals surface area contributed by atoms with Gasteiger partial charge in [0.15, 0.2) is 0 Å². The van der Waals surface area contributed by atoms with Crippen LogP contribution >= 0.6 is 12.4 Å².